The molecule has 1 heterocycles. The first-order valence-corrected chi connectivity index (χ1v) is 6.19. The van der Waals surface area contributed by atoms with Gasteiger partial charge in [-0.15, -0.1) is 0 Å². The summed E-state index contributed by atoms with van der Waals surface area (Å²) in [6.07, 6.45) is 1.72. The zero-order valence-electron chi connectivity index (χ0n) is 10.6. The van der Waals surface area contributed by atoms with Crippen molar-refractivity contribution in [3.63, 3.8) is 0 Å². The highest BCUT2D eigenvalue weighted by atomic mass is 35.5. The molecule has 0 atom stereocenters. The fraction of sp³-hybridized carbons (Fsp3) is 0.286. The Labute approximate surface area is 112 Å². The van der Waals surface area contributed by atoms with Crippen LogP contribution in [0.1, 0.15) is 16.9 Å². The van der Waals surface area contributed by atoms with Crippen LogP contribution in [0.3, 0.4) is 0 Å². The fourth-order valence-electron chi connectivity index (χ4n) is 1.90. The number of halogens is 1. The summed E-state index contributed by atoms with van der Waals surface area (Å²) in [4.78, 5) is 2.21. The first kappa shape index (κ1) is 13.0. The molecular weight excluding hydrogens is 248 g/mol. The van der Waals surface area contributed by atoms with E-state index in [2.05, 4.69) is 11.9 Å². The largest absolute Gasteiger partial charge is 0.469 e. The van der Waals surface area contributed by atoms with Gasteiger partial charge in [0.1, 0.15) is 5.76 Å². The summed E-state index contributed by atoms with van der Waals surface area (Å²) in [7, 11) is 2.07. The Kier molecular flexibility index (Phi) is 3.94. The van der Waals surface area contributed by atoms with Gasteiger partial charge in [0.05, 0.1) is 17.0 Å². The first-order valence-electron chi connectivity index (χ1n) is 5.81. The quantitative estimate of drug-likeness (QED) is 0.860. The van der Waals surface area contributed by atoms with Gasteiger partial charge in [0.25, 0.3) is 0 Å². The van der Waals surface area contributed by atoms with Crippen LogP contribution in [0.2, 0.25) is 5.02 Å². The second kappa shape index (κ2) is 5.46. The van der Waals surface area contributed by atoms with E-state index in [0.29, 0.717) is 10.7 Å². The molecule has 0 aliphatic heterocycles. The van der Waals surface area contributed by atoms with Crippen molar-refractivity contribution < 1.29 is 4.42 Å². The molecule has 2 N–H and O–H groups in total. The summed E-state index contributed by atoms with van der Waals surface area (Å²) < 4.78 is 5.29. The number of rotatable bonds is 4. The van der Waals surface area contributed by atoms with Crippen molar-refractivity contribution in [2.24, 2.45) is 0 Å². The highest BCUT2D eigenvalue weighted by Gasteiger charge is 2.07. The van der Waals surface area contributed by atoms with Gasteiger partial charge < -0.3 is 10.2 Å². The summed E-state index contributed by atoms with van der Waals surface area (Å²) in [6, 6.07) is 7.76. The molecule has 0 saturated heterocycles. The van der Waals surface area contributed by atoms with Crippen LogP contribution in [-0.2, 0) is 13.1 Å². The third kappa shape index (κ3) is 3.06. The Morgan fingerprint density at radius 3 is 2.67 bits per heavy atom. The lowest BCUT2D eigenvalue weighted by molar-refractivity contribution is 0.316. The number of furan rings is 1. The smallest absolute Gasteiger partial charge is 0.105 e. The molecule has 0 bridgehead atoms. The molecule has 1 aromatic heterocycles. The molecule has 0 saturated carbocycles. The zero-order valence-corrected chi connectivity index (χ0v) is 11.4. The number of nitrogens with two attached hydrogens (primary N) is 1. The van der Waals surface area contributed by atoms with Crippen molar-refractivity contribution in [2.75, 3.05) is 12.8 Å². The van der Waals surface area contributed by atoms with Crippen LogP contribution in [0.4, 0.5) is 5.69 Å². The topological polar surface area (TPSA) is 42.4 Å². The number of nitrogens with zero attached hydrogens (tertiary/aromatic N) is 1. The maximum atomic E-state index is 6.01. The number of aryl methyl sites for hydroxylation is 1. The van der Waals surface area contributed by atoms with Gasteiger partial charge in [0.15, 0.2) is 0 Å². The Balaban J connectivity index is 2.01. The lowest BCUT2D eigenvalue weighted by Crippen LogP contribution is -2.17. The summed E-state index contributed by atoms with van der Waals surface area (Å²) >= 11 is 6.01. The van der Waals surface area contributed by atoms with Gasteiger partial charge in [-0.25, -0.2) is 0 Å². The predicted octanol–water partition coefficient (Wildman–Crippen LogP) is 3.46. The molecule has 0 spiro atoms. The lowest BCUT2D eigenvalue weighted by atomic mass is 10.2. The van der Waals surface area contributed by atoms with Gasteiger partial charge in [-0.2, -0.15) is 0 Å². The van der Waals surface area contributed by atoms with Crippen molar-refractivity contribution >= 4 is 17.3 Å². The lowest BCUT2D eigenvalue weighted by Gasteiger charge is -2.16. The average molecular weight is 265 g/mol. The third-order valence-electron chi connectivity index (χ3n) is 2.92. The van der Waals surface area contributed by atoms with Crippen molar-refractivity contribution in [1.82, 2.24) is 4.90 Å². The van der Waals surface area contributed by atoms with Crippen LogP contribution >= 0.6 is 11.6 Å². The van der Waals surface area contributed by atoms with Crippen LogP contribution in [-0.4, -0.2) is 11.9 Å². The molecule has 0 aliphatic carbocycles. The van der Waals surface area contributed by atoms with Gasteiger partial charge in [-0.1, -0.05) is 17.7 Å². The molecule has 96 valence electrons. The van der Waals surface area contributed by atoms with Gasteiger partial charge in [0.2, 0.25) is 0 Å². The van der Waals surface area contributed by atoms with Crippen LogP contribution in [0.15, 0.2) is 34.9 Å². The fourth-order valence-corrected chi connectivity index (χ4v) is 2.11. The van der Waals surface area contributed by atoms with Gasteiger partial charge in [-0.05, 0) is 37.7 Å². The molecule has 0 radical (unpaired) electrons. The number of hydrogen-bond acceptors (Lipinski definition) is 3. The van der Waals surface area contributed by atoms with E-state index in [1.165, 1.54) is 5.56 Å². The van der Waals surface area contributed by atoms with E-state index in [9.17, 15) is 0 Å². The van der Waals surface area contributed by atoms with Crippen LogP contribution < -0.4 is 5.73 Å². The maximum absolute atomic E-state index is 6.01. The Morgan fingerprint density at radius 2 is 2.06 bits per heavy atom. The van der Waals surface area contributed by atoms with Gasteiger partial charge >= 0.3 is 0 Å². The molecule has 0 amide bonds. The van der Waals surface area contributed by atoms with E-state index in [-0.39, 0.29) is 0 Å². The summed E-state index contributed by atoms with van der Waals surface area (Å²) in [5, 5.41) is 0.611. The number of anilines is 1. The summed E-state index contributed by atoms with van der Waals surface area (Å²) in [6.45, 7) is 3.65. The summed E-state index contributed by atoms with van der Waals surface area (Å²) in [5.41, 5.74) is 8.67. The Hall–Kier alpha value is -1.45. The monoisotopic (exact) mass is 264 g/mol. The van der Waals surface area contributed by atoms with E-state index in [1.807, 2.05) is 31.2 Å². The molecule has 1 aromatic carbocycles. The molecule has 2 rings (SSSR count). The third-order valence-corrected chi connectivity index (χ3v) is 3.25. The highest BCUT2D eigenvalue weighted by Crippen LogP contribution is 2.21. The standard InChI is InChI=1S/C14H17ClN2O/c1-10-12(5-6-18-10)9-17(2)8-11-3-4-14(16)13(15)7-11/h3-7H,8-9,16H2,1-2H3. The first-order chi connectivity index (χ1) is 8.56. The van der Waals surface area contributed by atoms with E-state index >= 15 is 0 Å². The van der Waals surface area contributed by atoms with Crippen LogP contribution in [0, 0.1) is 6.92 Å². The van der Waals surface area contributed by atoms with Crippen molar-refractivity contribution in [3.05, 3.63) is 52.4 Å². The van der Waals surface area contributed by atoms with E-state index in [1.54, 1.807) is 6.26 Å². The zero-order chi connectivity index (χ0) is 13.1. The predicted molar refractivity (Wildman–Crippen MR) is 74.5 cm³/mol. The van der Waals surface area contributed by atoms with Crippen molar-refractivity contribution in [3.8, 4) is 0 Å². The van der Waals surface area contributed by atoms with E-state index in [4.69, 9.17) is 21.8 Å². The average Bonchev–Trinajstić information content (AvgIpc) is 2.70. The molecular formula is C14H17ClN2O. The molecule has 0 fully saturated rings. The normalized spacial score (nSPS) is 11.1. The molecule has 18 heavy (non-hydrogen) atoms. The number of nitrogen functional groups attached to an aromatic ring is 1. The Bertz CT molecular complexity index is 536. The SMILES string of the molecule is Cc1occc1CN(C)Cc1ccc(N)c(Cl)c1. The molecule has 2 aromatic rings. The maximum Gasteiger partial charge on any atom is 0.105 e. The van der Waals surface area contributed by atoms with Gasteiger partial charge in [-0.3, -0.25) is 4.90 Å². The molecule has 3 nitrogen and oxygen atoms in total. The van der Waals surface area contributed by atoms with Crippen LogP contribution in [0.25, 0.3) is 0 Å². The number of hydrogen-bond donors (Lipinski definition) is 1. The van der Waals surface area contributed by atoms with E-state index in [0.717, 1.165) is 24.4 Å². The second-order valence-corrected chi connectivity index (χ2v) is 4.94. The van der Waals surface area contributed by atoms with E-state index < -0.39 is 0 Å². The number of benzene rings is 1. The van der Waals surface area contributed by atoms with Crippen molar-refractivity contribution in [2.45, 2.75) is 20.0 Å². The second-order valence-electron chi connectivity index (χ2n) is 4.53. The molecule has 0 unspecified atom stereocenters. The van der Waals surface area contributed by atoms with Crippen molar-refractivity contribution in [1.29, 1.82) is 0 Å². The van der Waals surface area contributed by atoms with Gasteiger partial charge in [0, 0.05) is 18.7 Å². The minimum atomic E-state index is 0.611. The summed E-state index contributed by atoms with van der Waals surface area (Å²) in [5.74, 6) is 0.970. The molecule has 0 aliphatic rings. The minimum Gasteiger partial charge on any atom is -0.469 e. The highest BCUT2D eigenvalue weighted by molar-refractivity contribution is 6.33. The Morgan fingerprint density at radius 1 is 1.28 bits per heavy atom. The minimum absolute atomic E-state index is 0.611. The van der Waals surface area contributed by atoms with Crippen LogP contribution in [0.5, 0.6) is 0 Å². The molecule has 4 heteroatoms.